The first kappa shape index (κ1) is 12.2. The lowest BCUT2D eigenvalue weighted by Gasteiger charge is -2.11. The summed E-state index contributed by atoms with van der Waals surface area (Å²) >= 11 is 0. The minimum absolute atomic E-state index is 0. The molecule has 0 fully saturated rings. The van der Waals surface area contributed by atoms with Crippen LogP contribution in [0.1, 0.15) is 23.5 Å². The van der Waals surface area contributed by atoms with Gasteiger partial charge in [-0.15, -0.1) is 12.4 Å². The molecule has 0 heterocycles. The molecule has 1 aliphatic rings. The molecular weight excluding hydrogens is 230 g/mol. The minimum atomic E-state index is 0. The predicted molar refractivity (Wildman–Crippen MR) is 74.6 cm³/mol. The van der Waals surface area contributed by atoms with Crippen molar-refractivity contribution in [3.8, 4) is 11.1 Å². The largest absolute Gasteiger partial charge is 0.330 e. The average Bonchev–Trinajstić information content (AvgIpc) is 2.66. The second-order valence-corrected chi connectivity index (χ2v) is 4.30. The van der Waals surface area contributed by atoms with E-state index in [-0.39, 0.29) is 12.4 Å². The van der Waals surface area contributed by atoms with Crippen molar-refractivity contribution in [3.05, 3.63) is 59.7 Å². The molecule has 2 N–H and O–H groups in total. The summed E-state index contributed by atoms with van der Waals surface area (Å²) in [4.78, 5) is 0. The molecule has 0 atom stereocenters. The highest BCUT2D eigenvalue weighted by Gasteiger charge is 2.26. The topological polar surface area (TPSA) is 26.0 Å². The summed E-state index contributed by atoms with van der Waals surface area (Å²) in [6, 6.07) is 17.4. The van der Waals surface area contributed by atoms with Gasteiger partial charge in [0.05, 0.1) is 0 Å². The van der Waals surface area contributed by atoms with Crippen LogP contribution in [0, 0.1) is 0 Å². The van der Waals surface area contributed by atoms with Crippen LogP contribution in [0.4, 0.5) is 0 Å². The lowest BCUT2D eigenvalue weighted by molar-refractivity contribution is 0.741. The van der Waals surface area contributed by atoms with Gasteiger partial charge in [-0.25, -0.2) is 0 Å². The zero-order valence-corrected chi connectivity index (χ0v) is 10.4. The third kappa shape index (κ3) is 1.86. The second-order valence-electron chi connectivity index (χ2n) is 4.30. The highest BCUT2D eigenvalue weighted by atomic mass is 35.5. The Morgan fingerprint density at radius 2 is 1.29 bits per heavy atom. The maximum absolute atomic E-state index is 5.72. The lowest BCUT2D eigenvalue weighted by Crippen LogP contribution is -2.06. The van der Waals surface area contributed by atoms with Crippen LogP contribution in [-0.2, 0) is 0 Å². The summed E-state index contributed by atoms with van der Waals surface area (Å²) in [6.45, 7) is 0.743. The van der Waals surface area contributed by atoms with Crippen molar-refractivity contribution in [1.29, 1.82) is 0 Å². The van der Waals surface area contributed by atoms with E-state index in [1.807, 2.05) is 0 Å². The van der Waals surface area contributed by atoms with Crippen molar-refractivity contribution in [1.82, 2.24) is 0 Å². The number of nitrogens with two attached hydrogens (primary N) is 1. The van der Waals surface area contributed by atoms with Crippen molar-refractivity contribution in [3.63, 3.8) is 0 Å². The summed E-state index contributed by atoms with van der Waals surface area (Å²) in [5.74, 6) is 0.498. The molecule has 2 aromatic carbocycles. The fourth-order valence-corrected chi connectivity index (χ4v) is 2.74. The van der Waals surface area contributed by atoms with Crippen molar-refractivity contribution >= 4 is 12.4 Å². The number of hydrogen-bond donors (Lipinski definition) is 1. The summed E-state index contributed by atoms with van der Waals surface area (Å²) in [6.07, 6.45) is 1.04. The molecule has 1 aliphatic carbocycles. The molecule has 1 nitrogen and oxygen atoms in total. The van der Waals surface area contributed by atoms with E-state index in [4.69, 9.17) is 5.73 Å². The van der Waals surface area contributed by atoms with Gasteiger partial charge < -0.3 is 5.73 Å². The Balaban J connectivity index is 0.00000108. The molecule has 0 aliphatic heterocycles. The molecule has 2 heteroatoms. The van der Waals surface area contributed by atoms with Gasteiger partial charge in [0.15, 0.2) is 0 Å². The van der Waals surface area contributed by atoms with E-state index in [9.17, 15) is 0 Å². The Kier molecular flexibility index (Phi) is 3.51. The monoisotopic (exact) mass is 245 g/mol. The first-order chi connectivity index (χ1) is 7.92. The molecule has 0 amide bonds. The number of halogens is 1. The highest BCUT2D eigenvalue weighted by molar-refractivity contribution is 5.85. The van der Waals surface area contributed by atoms with Gasteiger partial charge in [0.25, 0.3) is 0 Å². The third-order valence-electron chi connectivity index (χ3n) is 3.42. The van der Waals surface area contributed by atoms with Gasteiger partial charge in [-0.05, 0) is 35.2 Å². The van der Waals surface area contributed by atoms with Gasteiger partial charge in [-0.1, -0.05) is 48.5 Å². The van der Waals surface area contributed by atoms with Crippen molar-refractivity contribution in [2.45, 2.75) is 12.3 Å². The Labute approximate surface area is 108 Å². The second kappa shape index (κ2) is 4.91. The van der Waals surface area contributed by atoms with Crippen LogP contribution in [-0.4, -0.2) is 6.54 Å². The van der Waals surface area contributed by atoms with Crippen LogP contribution in [0.3, 0.4) is 0 Å². The molecule has 0 saturated carbocycles. The summed E-state index contributed by atoms with van der Waals surface area (Å²) in [7, 11) is 0. The Morgan fingerprint density at radius 1 is 0.824 bits per heavy atom. The smallest absolute Gasteiger partial charge is 0.0114 e. The standard InChI is InChI=1S/C15H15N.ClH/c16-10-9-15-13-7-3-1-5-11(13)12-6-2-4-8-14(12)15;/h1-8,15H,9-10,16H2;1H. The molecular formula is C15H16ClN. The fraction of sp³-hybridized carbons (Fsp3) is 0.200. The Hall–Kier alpha value is -1.31. The molecule has 17 heavy (non-hydrogen) atoms. The normalized spacial score (nSPS) is 12.8. The van der Waals surface area contributed by atoms with Crippen molar-refractivity contribution in [2.24, 2.45) is 5.73 Å². The van der Waals surface area contributed by atoms with Crippen LogP contribution >= 0.6 is 12.4 Å². The van der Waals surface area contributed by atoms with E-state index in [1.165, 1.54) is 22.3 Å². The van der Waals surface area contributed by atoms with Crippen molar-refractivity contribution < 1.29 is 0 Å². The maximum atomic E-state index is 5.72. The van der Waals surface area contributed by atoms with Crippen LogP contribution in [0.2, 0.25) is 0 Å². The van der Waals surface area contributed by atoms with E-state index in [0.29, 0.717) is 5.92 Å². The van der Waals surface area contributed by atoms with E-state index in [0.717, 1.165) is 13.0 Å². The van der Waals surface area contributed by atoms with E-state index < -0.39 is 0 Å². The maximum Gasteiger partial charge on any atom is 0.0114 e. The fourth-order valence-electron chi connectivity index (χ4n) is 2.74. The molecule has 0 unspecified atom stereocenters. The molecule has 0 spiro atoms. The number of benzene rings is 2. The van der Waals surface area contributed by atoms with E-state index >= 15 is 0 Å². The Bertz CT molecular complexity index is 476. The van der Waals surface area contributed by atoms with Gasteiger partial charge in [-0.3, -0.25) is 0 Å². The quantitative estimate of drug-likeness (QED) is 0.860. The molecule has 0 saturated heterocycles. The minimum Gasteiger partial charge on any atom is -0.330 e. The van der Waals surface area contributed by atoms with Crippen LogP contribution < -0.4 is 5.73 Å². The third-order valence-corrected chi connectivity index (χ3v) is 3.42. The average molecular weight is 246 g/mol. The zero-order valence-electron chi connectivity index (χ0n) is 9.60. The van der Waals surface area contributed by atoms with Gasteiger partial charge in [0.1, 0.15) is 0 Å². The van der Waals surface area contributed by atoms with Gasteiger partial charge in [0.2, 0.25) is 0 Å². The zero-order chi connectivity index (χ0) is 11.0. The molecule has 0 bridgehead atoms. The first-order valence-electron chi connectivity index (χ1n) is 5.80. The molecule has 0 radical (unpaired) electrons. The van der Waals surface area contributed by atoms with Gasteiger partial charge >= 0.3 is 0 Å². The van der Waals surface area contributed by atoms with Crippen LogP contribution in [0.15, 0.2) is 48.5 Å². The Morgan fingerprint density at radius 3 is 1.76 bits per heavy atom. The van der Waals surface area contributed by atoms with Crippen molar-refractivity contribution in [2.75, 3.05) is 6.54 Å². The first-order valence-corrected chi connectivity index (χ1v) is 5.80. The van der Waals surface area contributed by atoms with Crippen LogP contribution in [0.5, 0.6) is 0 Å². The number of fused-ring (bicyclic) bond motifs is 3. The summed E-state index contributed by atoms with van der Waals surface area (Å²) in [5.41, 5.74) is 11.4. The predicted octanol–water partition coefficient (Wildman–Crippen LogP) is 3.57. The van der Waals surface area contributed by atoms with E-state index in [1.54, 1.807) is 0 Å². The molecule has 0 aromatic heterocycles. The molecule has 88 valence electrons. The molecule has 2 aromatic rings. The van der Waals surface area contributed by atoms with Crippen LogP contribution in [0.25, 0.3) is 11.1 Å². The van der Waals surface area contributed by atoms with E-state index in [2.05, 4.69) is 48.5 Å². The van der Waals surface area contributed by atoms with Gasteiger partial charge in [0, 0.05) is 5.92 Å². The lowest BCUT2D eigenvalue weighted by atomic mass is 9.94. The van der Waals surface area contributed by atoms with Gasteiger partial charge in [-0.2, -0.15) is 0 Å². The SMILES string of the molecule is Cl.NCCC1c2ccccc2-c2ccccc21. The highest BCUT2D eigenvalue weighted by Crippen LogP contribution is 2.45. The summed E-state index contributed by atoms with van der Waals surface area (Å²) < 4.78 is 0. The number of rotatable bonds is 2. The number of hydrogen-bond acceptors (Lipinski definition) is 1. The molecule has 3 rings (SSSR count). The summed E-state index contributed by atoms with van der Waals surface area (Å²) in [5, 5.41) is 0.